The zero-order valence-electron chi connectivity index (χ0n) is 11.5. The first-order valence-electron chi connectivity index (χ1n) is 6.38. The number of nitrogens with two attached hydrogens (primary N) is 1. The maximum atomic E-state index is 12.6. The maximum Gasteiger partial charge on any atom is 0.256 e. The summed E-state index contributed by atoms with van der Waals surface area (Å²) in [6.45, 7) is 2.00. The summed E-state index contributed by atoms with van der Waals surface area (Å²) in [6, 6.07) is 15.2. The molecule has 3 nitrogen and oxygen atoms in total. The van der Waals surface area contributed by atoms with Crippen LogP contribution in [0.15, 0.2) is 53.0 Å². The number of carbonyl (C=O) groups is 1. The maximum absolute atomic E-state index is 12.6. The molecule has 0 saturated carbocycles. The van der Waals surface area contributed by atoms with Crippen molar-refractivity contribution in [1.82, 2.24) is 4.90 Å². The quantitative estimate of drug-likeness (QED) is 0.867. The molecule has 2 aromatic rings. The Morgan fingerprint density at radius 3 is 2.50 bits per heavy atom. The molecule has 0 aromatic heterocycles. The molecule has 2 rings (SSSR count). The molecule has 0 saturated heterocycles. The molecular formula is C16H17BrN2O. The minimum absolute atomic E-state index is 0.0120. The van der Waals surface area contributed by atoms with Gasteiger partial charge in [0.1, 0.15) is 0 Å². The fraction of sp³-hybridized carbons (Fsp3) is 0.188. The van der Waals surface area contributed by atoms with E-state index >= 15 is 0 Å². The second-order valence-electron chi connectivity index (χ2n) is 4.73. The zero-order chi connectivity index (χ0) is 14.7. The van der Waals surface area contributed by atoms with E-state index in [4.69, 9.17) is 5.73 Å². The Hall–Kier alpha value is -1.81. The molecule has 0 fully saturated rings. The van der Waals surface area contributed by atoms with Gasteiger partial charge in [-0.15, -0.1) is 0 Å². The molecule has 1 amide bonds. The number of hydrogen-bond donors (Lipinski definition) is 1. The Labute approximate surface area is 127 Å². The summed E-state index contributed by atoms with van der Waals surface area (Å²) in [4.78, 5) is 14.3. The number of carbonyl (C=O) groups excluding carboxylic acids is 1. The highest BCUT2D eigenvalue weighted by molar-refractivity contribution is 9.10. The van der Waals surface area contributed by atoms with E-state index in [9.17, 15) is 4.79 Å². The lowest BCUT2D eigenvalue weighted by Crippen LogP contribution is -2.30. The first-order chi connectivity index (χ1) is 9.50. The predicted octanol–water partition coefficient (Wildman–Crippen LogP) is 3.86. The molecule has 1 unspecified atom stereocenters. The van der Waals surface area contributed by atoms with E-state index in [0.29, 0.717) is 11.3 Å². The molecule has 1 atom stereocenters. The predicted molar refractivity (Wildman–Crippen MR) is 85.5 cm³/mol. The molecule has 0 heterocycles. The number of anilines is 1. The average molecular weight is 333 g/mol. The number of benzene rings is 2. The van der Waals surface area contributed by atoms with Crippen LogP contribution in [0.25, 0.3) is 0 Å². The third-order valence-electron chi connectivity index (χ3n) is 3.43. The topological polar surface area (TPSA) is 46.3 Å². The molecule has 0 spiro atoms. The molecule has 0 radical (unpaired) electrons. The van der Waals surface area contributed by atoms with Crippen molar-refractivity contribution in [1.29, 1.82) is 0 Å². The van der Waals surface area contributed by atoms with Gasteiger partial charge in [0.05, 0.1) is 11.6 Å². The largest absolute Gasteiger partial charge is 0.398 e. The Balaban J connectivity index is 2.27. The molecule has 20 heavy (non-hydrogen) atoms. The lowest BCUT2D eigenvalue weighted by molar-refractivity contribution is 0.0743. The van der Waals surface area contributed by atoms with E-state index < -0.39 is 0 Å². The van der Waals surface area contributed by atoms with Gasteiger partial charge in [-0.05, 0) is 30.7 Å². The highest BCUT2D eigenvalue weighted by Crippen LogP contribution is 2.24. The van der Waals surface area contributed by atoms with Crippen molar-refractivity contribution in [2.75, 3.05) is 12.8 Å². The van der Waals surface area contributed by atoms with Gasteiger partial charge in [0.2, 0.25) is 0 Å². The summed E-state index contributed by atoms with van der Waals surface area (Å²) in [6.07, 6.45) is 0. The summed E-state index contributed by atoms with van der Waals surface area (Å²) >= 11 is 3.37. The smallest absolute Gasteiger partial charge is 0.256 e. The van der Waals surface area contributed by atoms with Crippen molar-refractivity contribution >= 4 is 27.5 Å². The van der Waals surface area contributed by atoms with Crippen molar-refractivity contribution in [2.24, 2.45) is 0 Å². The van der Waals surface area contributed by atoms with Crippen LogP contribution in [-0.4, -0.2) is 17.9 Å². The van der Waals surface area contributed by atoms with Crippen LogP contribution in [0, 0.1) is 0 Å². The van der Waals surface area contributed by atoms with Crippen LogP contribution in [0.4, 0.5) is 5.69 Å². The van der Waals surface area contributed by atoms with Crippen LogP contribution < -0.4 is 5.73 Å². The van der Waals surface area contributed by atoms with E-state index in [1.165, 1.54) is 0 Å². The Kier molecular flexibility index (Phi) is 4.45. The molecule has 0 bridgehead atoms. The fourth-order valence-electron chi connectivity index (χ4n) is 2.03. The van der Waals surface area contributed by atoms with E-state index in [2.05, 4.69) is 15.9 Å². The van der Waals surface area contributed by atoms with Crippen LogP contribution >= 0.6 is 15.9 Å². The standard InChI is InChI=1S/C16H17BrN2O/c1-11(12-6-4-3-5-7-12)19(2)16(20)14-10-13(17)8-9-15(14)18/h3-11H,18H2,1-2H3. The van der Waals surface area contributed by atoms with Crippen LogP contribution in [0.1, 0.15) is 28.9 Å². The second kappa shape index (κ2) is 6.09. The minimum atomic E-state index is -0.0832. The number of rotatable bonds is 3. The van der Waals surface area contributed by atoms with Crippen LogP contribution in [0.2, 0.25) is 0 Å². The highest BCUT2D eigenvalue weighted by atomic mass is 79.9. The summed E-state index contributed by atoms with van der Waals surface area (Å²) < 4.78 is 0.843. The first kappa shape index (κ1) is 14.6. The van der Waals surface area contributed by atoms with Crippen molar-refractivity contribution in [3.63, 3.8) is 0 Å². The van der Waals surface area contributed by atoms with Gasteiger partial charge >= 0.3 is 0 Å². The third kappa shape index (κ3) is 3.02. The van der Waals surface area contributed by atoms with Gasteiger partial charge in [-0.1, -0.05) is 46.3 Å². The van der Waals surface area contributed by atoms with Crippen molar-refractivity contribution in [2.45, 2.75) is 13.0 Å². The summed E-state index contributed by atoms with van der Waals surface area (Å²) in [5.41, 5.74) is 8.00. The number of nitrogen functional groups attached to an aromatic ring is 1. The first-order valence-corrected chi connectivity index (χ1v) is 7.17. The number of amides is 1. The van der Waals surface area contributed by atoms with E-state index in [1.807, 2.05) is 43.3 Å². The van der Waals surface area contributed by atoms with E-state index in [0.717, 1.165) is 10.0 Å². The van der Waals surface area contributed by atoms with Gasteiger partial charge in [0.15, 0.2) is 0 Å². The Morgan fingerprint density at radius 2 is 1.85 bits per heavy atom. The second-order valence-corrected chi connectivity index (χ2v) is 5.65. The van der Waals surface area contributed by atoms with Gasteiger partial charge in [0, 0.05) is 17.2 Å². The van der Waals surface area contributed by atoms with Crippen molar-refractivity contribution in [3.8, 4) is 0 Å². The van der Waals surface area contributed by atoms with Gasteiger partial charge in [-0.3, -0.25) is 4.79 Å². The van der Waals surface area contributed by atoms with Gasteiger partial charge in [0.25, 0.3) is 5.91 Å². The molecule has 0 aliphatic heterocycles. The van der Waals surface area contributed by atoms with Crippen LogP contribution in [0.3, 0.4) is 0 Å². The summed E-state index contributed by atoms with van der Waals surface area (Å²) in [5.74, 6) is -0.0832. The van der Waals surface area contributed by atoms with E-state index in [1.54, 1.807) is 24.1 Å². The SMILES string of the molecule is CC(c1ccccc1)N(C)C(=O)c1cc(Br)ccc1N. The van der Waals surface area contributed by atoms with Gasteiger partial charge in [-0.25, -0.2) is 0 Å². The van der Waals surface area contributed by atoms with Crippen molar-refractivity contribution < 1.29 is 4.79 Å². The highest BCUT2D eigenvalue weighted by Gasteiger charge is 2.20. The molecule has 2 N–H and O–H groups in total. The van der Waals surface area contributed by atoms with Crippen molar-refractivity contribution in [3.05, 3.63) is 64.1 Å². The Bertz CT molecular complexity index is 613. The van der Waals surface area contributed by atoms with Crippen LogP contribution in [-0.2, 0) is 0 Å². The summed E-state index contributed by atoms with van der Waals surface area (Å²) in [7, 11) is 1.79. The molecule has 2 aromatic carbocycles. The molecule has 0 aliphatic rings. The van der Waals surface area contributed by atoms with Crippen LogP contribution in [0.5, 0.6) is 0 Å². The average Bonchev–Trinajstić information content (AvgIpc) is 2.48. The Morgan fingerprint density at radius 1 is 1.20 bits per heavy atom. The fourth-order valence-corrected chi connectivity index (χ4v) is 2.40. The number of hydrogen-bond acceptors (Lipinski definition) is 2. The molecule has 4 heteroatoms. The molecular weight excluding hydrogens is 316 g/mol. The zero-order valence-corrected chi connectivity index (χ0v) is 13.1. The van der Waals surface area contributed by atoms with Gasteiger partial charge in [-0.2, -0.15) is 0 Å². The van der Waals surface area contributed by atoms with Gasteiger partial charge < -0.3 is 10.6 Å². The normalized spacial score (nSPS) is 11.9. The third-order valence-corrected chi connectivity index (χ3v) is 3.92. The van der Waals surface area contributed by atoms with E-state index in [-0.39, 0.29) is 11.9 Å². The molecule has 104 valence electrons. The molecule has 0 aliphatic carbocycles. The number of halogens is 1. The number of nitrogens with zero attached hydrogens (tertiary/aromatic N) is 1. The summed E-state index contributed by atoms with van der Waals surface area (Å²) in [5, 5.41) is 0. The minimum Gasteiger partial charge on any atom is -0.398 e. The lowest BCUT2D eigenvalue weighted by atomic mass is 10.1. The monoisotopic (exact) mass is 332 g/mol. The lowest BCUT2D eigenvalue weighted by Gasteiger charge is -2.26.